The summed E-state index contributed by atoms with van der Waals surface area (Å²) < 4.78 is 10.2. The van der Waals surface area contributed by atoms with E-state index in [0.29, 0.717) is 12.2 Å². The van der Waals surface area contributed by atoms with Crippen LogP contribution in [0.15, 0.2) is 24.3 Å². The smallest absolute Gasteiger partial charge is 0.337 e. The van der Waals surface area contributed by atoms with E-state index in [1.54, 1.807) is 12.1 Å². The van der Waals surface area contributed by atoms with Crippen LogP contribution in [-0.4, -0.2) is 26.2 Å². The molecule has 4 nitrogen and oxygen atoms in total. The molecule has 0 aromatic heterocycles. The van der Waals surface area contributed by atoms with Crippen LogP contribution in [0.5, 0.6) is 0 Å². The normalized spacial score (nSPS) is 10.3. The molecule has 4 heteroatoms. The Morgan fingerprint density at radius 2 is 2.11 bits per heavy atom. The molecule has 0 saturated carbocycles. The zero-order valence-electron chi connectivity index (χ0n) is 10.9. The summed E-state index contributed by atoms with van der Waals surface area (Å²) in [5.41, 5.74) is 6.95. The van der Waals surface area contributed by atoms with Gasteiger partial charge in [0.2, 0.25) is 0 Å². The zero-order valence-corrected chi connectivity index (χ0v) is 10.9. The van der Waals surface area contributed by atoms with Gasteiger partial charge in [0.1, 0.15) is 0 Å². The minimum absolute atomic E-state index is 0.320. The first-order valence-corrected chi connectivity index (χ1v) is 6.23. The number of esters is 1. The van der Waals surface area contributed by atoms with Crippen molar-refractivity contribution in [3.8, 4) is 0 Å². The van der Waals surface area contributed by atoms with Gasteiger partial charge in [-0.15, -0.1) is 0 Å². The van der Waals surface area contributed by atoms with Crippen molar-refractivity contribution in [3.63, 3.8) is 0 Å². The standard InChI is InChI=1S/C14H21NO3/c1-17-14(16)13-7-5-6-12(10-13)11-18-9-4-2-3-8-15/h5-7,10H,2-4,8-9,11,15H2,1H3. The van der Waals surface area contributed by atoms with E-state index in [2.05, 4.69) is 4.74 Å². The predicted molar refractivity (Wildman–Crippen MR) is 70.3 cm³/mol. The molecule has 0 aliphatic carbocycles. The number of carbonyl (C=O) groups is 1. The summed E-state index contributed by atoms with van der Waals surface area (Å²) >= 11 is 0. The molecule has 18 heavy (non-hydrogen) atoms. The molecule has 1 aromatic carbocycles. The molecule has 1 rings (SSSR count). The molecule has 0 unspecified atom stereocenters. The number of hydrogen-bond donors (Lipinski definition) is 1. The monoisotopic (exact) mass is 251 g/mol. The van der Waals surface area contributed by atoms with Crippen molar-refractivity contribution >= 4 is 5.97 Å². The molecule has 0 fully saturated rings. The summed E-state index contributed by atoms with van der Waals surface area (Å²) in [6.07, 6.45) is 3.16. The minimum Gasteiger partial charge on any atom is -0.465 e. The first-order chi connectivity index (χ1) is 8.77. The number of benzene rings is 1. The van der Waals surface area contributed by atoms with Crippen LogP contribution < -0.4 is 5.73 Å². The van der Waals surface area contributed by atoms with Crippen LogP contribution in [0.4, 0.5) is 0 Å². The van der Waals surface area contributed by atoms with Gasteiger partial charge < -0.3 is 15.2 Å². The van der Waals surface area contributed by atoms with E-state index in [0.717, 1.165) is 38.0 Å². The second kappa shape index (κ2) is 8.66. The van der Waals surface area contributed by atoms with Gasteiger partial charge in [-0.25, -0.2) is 4.79 Å². The summed E-state index contributed by atoms with van der Waals surface area (Å²) in [4.78, 5) is 11.3. The van der Waals surface area contributed by atoms with Crippen molar-refractivity contribution in [2.75, 3.05) is 20.3 Å². The van der Waals surface area contributed by atoms with Crippen molar-refractivity contribution in [2.24, 2.45) is 5.73 Å². The lowest BCUT2D eigenvalue weighted by atomic mass is 10.1. The second-order valence-corrected chi connectivity index (χ2v) is 4.09. The molecule has 1 aromatic rings. The molecule has 0 heterocycles. The molecule has 0 amide bonds. The van der Waals surface area contributed by atoms with Crippen molar-refractivity contribution in [2.45, 2.75) is 25.9 Å². The summed E-state index contributed by atoms with van der Waals surface area (Å²) in [5.74, 6) is -0.320. The van der Waals surface area contributed by atoms with Crippen LogP contribution in [0.2, 0.25) is 0 Å². The Balaban J connectivity index is 2.32. The van der Waals surface area contributed by atoms with E-state index < -0.39 is 0 Å². The molecular weight excluding hydrogens is 230 g/mol. The van der Waals surface area contributed by atoms with Crippen LogP contribution in [-0.2, 0) is 16.1 Å². The quantitative estimate of drug-likeness (QED) is 0.568. The number of rotatable bonds is 8. The molecule has 2 N–H and O–H groups in total. The Kier molecular flexibility index (Phi) is 7.06. The van der Waals surface area contributed by atoms with Gasteiger partial charge in [-0.2, -0.15) is 0 Å². The van der Waals surface area contributed by atoms with Crippen molar-refractivity contribution < 1.29 is 14.3 Å². The van der Waals surface area contributed by atoms with Gasteiger partial charge in [0.25, 0.3) is 0 Å². The average molecular weight is 251 g/mol. The Bertz CT molecular complexity index is 366. The third kappa shape index (κ3) is 5.29. The van der Waals surface area contributed by atoms with E-state index in [-0.39, 0.29) is 5.97 Å². The Hall–Kier alpha value is -1.39. The van der Waals surface area contributed by atoms with Crippen LogP contribution in [0.25, 0.3) is 0 Å². The molecule has 0 atom stereocenters. The van der Waals surface area contributed by atoms with Gasteiger partial charge in [-0.3, -0.25) is 0 Å². The topological polar surface area (TPSA) is 61.5 Å². The highest BCUT2D eigenvalue weighted by atomic mass is 16.5. The van der Waals surface area contributed by atoms with Gasteiger partial charge >= 0.3 is 5.97 Å². The maximum absolute atomic E-state index is 11.3. The van der Waals surface area contributed by atoms with Crippen LogP contribution in [0, 0.1) is 0 Å². The maximum Gasteiger partial charge on any atom is 0.337 e. The first kappa shape index (κ1) is 14.7. The fourth-order valence-electron chi connectivity index (χ4n) is 1.62. The third-order valence-electron chi connectivity index (χ3n) is 2.61. The summed E-state index contributed by atoms with van der Waals surface area (Å²) in [7, 11) is 1.38. The zero-order chi connectivity index (χ0) is 13.2. The fourth-order valence-corrected chi connectivity index (χ4v) is 1.62. The largest absolute Gasteiger partial charge is 0.465 e. The lowest BCUT2D eigenvalue weighted by Crippen LogP contribution is -2.03. The number of carbonyl (C=O) groups excluding carboxylic acids is 1. The summed E-state index contributed by atoms with van der Waals surface area (Å²) in [5, 5.41) is 0. The SMILES string of the molecule is COC(=O)c1cccc(COCCCCCN)c1. The molecule has 100 valence electrons. The van der Waals surface area contributed by atoms with Gasteiger partial charge in [-0.05, 0) is 43.5 Å². The van der Waals surface area contributed by atoms with E-state index in [1.165, 1.54) is 7.11 Å². The van der Waals surface area contributed by atoms with E-state index in [9.17, 15) is 4.79 Å². The summed E-state index contributed by atoms with van der Waals surface area (Å²) in [6.45, 7) is 1.98. The molecule has 0 aliphatic rings. The molecule has 0 aliphatic heterocycles. The van der Waals surface area contributed by atoms with E-state index in [1.807, 2.05) is 12.1 Å². The molecular formula is C14H21NO3. The van der Waals surface area contributed by atoms with Crippen LogP contribution in [0.3, 0.4) is 0 Å². The highest BCUT2D eigenvalue weighted by molar-refractivity contribution is 5.89. The lowest BCUT2D eigenvalue weighted by molar-refractivity contribution is 0.0600. The number of ether oxygens (including phenoxy) is 2. The first-order valence-electron chi connectivity index (χ1n) is 6.23. The maximum atomic E-state index is 11.3. The molecule has 0 saturated heterocycles. The fraction of sp³-hybridized carbons (Fsp3) is 0.500. The number of methoxy groups -OCH3 is 1. The highest BCUT2D eigenvalue weighted by Crippen LogP contribution is 2.08. The van der Waals surface area contributed by atoms with Crippen molar-refractivity contribution in [1.82, 2.24) is 0 Å². The number of hydrogen-bond acceptors (Lipinski definition) is 4. The summed E-state index contributed by atoms with van der Waals surface area (Å²) in [6, 6.07) is 7.30. The van der Waals surface area contributed by atoms with Crippen LogP contribution in [0.1, 0.15) is 35.2 Å². The Labute approximate surface area is 108 Å². The van der Waals surface area contributed by atoms with Gasteiger partial charge in [0.05, 0.1) is 19.3 Å². The highest BCUT2D eigenvalue weighted by Gasteiger charge is 2.05. The third-order valence-corrected chi connectivity index (χ3v) is 2.61. The molecule has 0 bridgehead atoms. The molecule has 0 spiro atoms. The minimum atomic E-state index is -0.320. The number of unbranched alkanes of at least 4 members (excludes halogenated alkanes) is 2. The van der Waals surface area contributed by atoms with Gasteiger partial charge in [0.15, 0.2) is 0 Å². The van der Waals surface area contributed by atoms with E-state index in [4.69, 9.17) is 10.5 Å². The van der Waals surface area contributed by atoms with Crippen molar-refractivity contribution in [1.29, 1.82) is 0 Å². The Morgan fingerprint density at radius 1 is 1.28 bits per heavy atom. The second-order valence-electron chi connectivity index (χ2n) is 4.09. The van der Waals surface area contributed by atoms with Gasteiger partial charge in [-0.1, -0.05) is 12.1 Å². The molecule has 0 radical (unpaired) electrons. The van der Waals surface area contributed by atoms with E-state index >= 15 is 0 Å². The average Bonchev–Trinajstić information content (AvgIpc) is 2.42. The van der Waals surface area contributed by atoms with Gasteiger partial charge in [0, 0.05) is 6.61 Å². The number of nitrogens with two attached hydrogens (primary N) is 1. The lowest BCUT2D eigenvalue weighted by Gasteiger charge is -2.06. The van der Waals surface area contributed by atoms with Crippen LogP contribution >= 0.6 is 0 Å². The van der Waals surface area contributed by atoms with Crippen molar-refractivity contribution in [3.05, 3.63) is 35.4 Å². The predicted octanol–water partition coefficient (Wildman–Crippen LogP) is 2.12. The Morgan fingerprint density at radius 3 is 2.83 bits per heavy atom.